The van der Waals surface area contributed by atoms with Crippen LogP contribution in [0.3, 0.4) is 0 Å². The largest absolute Gasteiger partial charge is 0.198 e. The molecule has 0 spiro atoms. The average Bonchev–Trinajstić information content (AvgIpc) is 2.45. The molecule has 2 saturated carbocycles. The number of nitriles is 1. The highest BCUT2D eigenvalue weighted by Gasteiger charge is 2.48. The molecule has 0 heterocycles. The van der Waals surface area contributed by atoms with Crippen molar-refractivity contribution < 1.29 is 0 Å². The first-order valence-corrected chi connectivity index (χ1v) is 4.63. The lowest BCUT2D eigenvalue weighted by Crippen LogP contribution is -2.23. The second-order valence-electron chi connectivity index (χ2n) is 4.39. The molecule has 0 amide bonds. The summed E-state index contributed by atoms with van der Waals surface area (Å²) in [5.74, 6) is 3.49. The Morgan fingerprint density at radius 2 is 2.00 bits per heavy atom. The molecule has 0 aromatic rings. The van der Waals surface area contributed by atoms with Crippen LogP contribution in [0.2, 0.25) is 0 Å². The predicted molar refractivity (Wildman–Crippen MR) is 43.6 cm³/mol. The normalized spacial score (nSPS) is 54.5. The topological polar surface area (TPSA) is 23.8 Å². The van der Waals surface area contributed by atoms with Crippen LogP contribution in [-0.2, 0) is 0 Å². The summed E-state index contributed by atoms with van der Waals surface area (Å²) < 4.78 is 0. The van der Waals surface area contributed by atoms with Gasteiger partial charge in [-0.3, -0.25) is 0 Å². The summed E-state index contributed by atoms with van der Waals surface area (Å²) in [6.07, 6.45) is 2.71. The Hall–Kier alpha value is -0.510. The summed E-state index contributed by atoms with van der Waals surface area (Å²) in [5, 5.41) is 8.93. The van der Waals surface area contributed by atoms with E-state index in [1.165, 1.54) is 12.8 Å². The van der Waals surface area contributed by atoms with E-state index in [1.807, 2.05) is 0 Å². The molecular formula is C10H15N. The van der Waals surface area contributed by atoms with Gasteiger partial charge in [-0.1, -0.05) is 13.8 Å². The maximum atomic E-state index is 8.93. The summed E-state index contributed by atoms with van der Waals surface area (Å²) in [6, 6.07) is 2.48. The van der Waals surface area contributed by atoms with E-state index >= 15 is 0 Å². The van der Waals surface area contributed by atoms with E-state index in [9.17, 15) is 0 Å². The molecule has 0 saturated heterocycles. The van der Waals surface area contributed by atoms with E-state index in [1.54, 1.807) is 0 Å². The molecule has 2 fully saturated rings. The van der Waals surface area contributed by atoms with Crippen molar-refractivity contribution in [3.63, 3.8) is 0 Å². The van der Waals surface area contributed by atoms with Crippen LogP contribution in [0.5, 0.6) is 0 Å². The molecule has 2 rings (SSSR count). The minimum absolute atomic E-state index is 0.378. The molecule has 0 aliphatic heterocycles. The van der Waals surface area contributed by atoms with Crippen molar-refractivity contribution in [1.29, 1.82) is 5.26 Å². The van der Waals surface area contributed by atoms with Crippen LogP contribution in [-0.4, -0.2) is 0 Å². The molecule has 5 atom stereocenters. The highest BCUT2D eigenvalue weighted by molar-refractivity contribution is 5.05. The van der Waals surface area contributed by atoms with Crippen molar-refractivity contribution in [2.45, 2.75) is 26.7 Å². The van der Waals surface area contributed by atoms with E-state index in [2.05, 4.69) is 19.9 Å². The second kappa shape index (κ2) is 2.24. The van der Waals surface area contributed by atoms with Gasteiger partial charge in [-0.2, -0.15) is 5.26 Å². The number of hydrogen-bond acceptors (Lipinski definition) is 1. The van der Waals surface area contributed by atoms with Gasteiger partial charge in [0.1, 0.15) is 0 Å². The molecule has 2 aliphatic carbocycles. The Balaban J connectivity index is 2.21. The van der Waals surface area contributed by atoms with Gasteiger partial charge in [-0.25, -0.2) is 0 Å². The Labute approximate surface area is 68.4 Å². The zero-order valence-electron chi connectivity index (χ0n) is 7.25. The number of rotatable bonds is 0. The van der Waals surface area contributed by atoms with Crippen molar-refractivity contribution >= 4 is 0 Å². The van der Waals surface area contributed by atoms with E-state index < -0.39 is 0 Å². The number of hydrogen-bond donors (Lipinski definition) is 0. The Bertz CT molecular complexity index is 203. The Morgan fingerprint density at radius 3 is 2.45 bits per heavy atom. The molecule has 0 N–H and O–H groups in total. The molecule has 0 aromatic carbocycles. The first-order chi connectivity index (χ1) is 5.24. The van der Waals surface area contributed by atoms with Gasteiger partial charge in [0.15, 0.2) is 0 Å². The van der Waals surface area contributed by atoms with Gasteiger partial charge < -0.3 is 0 Å². The van der Waals surface area contributed by atoms with Gasteiger partial charge in [0.25, 0.3) is 0 Å². The van der Waals surface area contributed by atoms with Crippen LogP contribution >= 0.6 is 0 Å². The molecule has 0 radical (unpaired) electrons. The molecule has 1 heteroatoms. The van der Waals surface area contributed by atoms with Crippen LogP contribution in [0.4, 0.5) is 0 Å². The smallest absolute Gasteiger partial charge is 0.0661 e. The number of nitrogens with zero attached hydrogens (tertiary/aromatic N) is 1. The average molecular weight is 149 g/mol. The fourth-order valence-corrected chi connectivity index (χ4v) is 3.16. The van der Waals surface area contributed by atoms with Gasteiger partial charge in [0.2, 0.25) is 0 Å². The highest BCUT2D eigenvalue weighted by Crippen LogP contribution is 2.54. The summed E-state index contributed by atoms with van der Waals surface area (Å²) in [5.41, 5.74) is 0. The van der Waals surface area contributed by atoms with Gasteiger partial charge in [-0.15, -0.1) is 0 Å². The second-order valence-corrected chi connectivity index (χ2v) is 4.39. The summed E-state index contributed by atoms with van der Waals surface area (Å²) in [4.78, 5) is 0. The predicted octanol–water partition coefficient (Wildman–Crippen LogP) is 2.44. The fraction of sp³-hybridized carbons (Fsp3) is 0.900. The first-order valence-electron chi connectivity index (χ1n) is 4.63. The van der Waals surface area contributed by atoms with Crippen LogP contribution in [0, 0.1) is 40.9 Å². The van der Waals surface area contributed by atoms with E-state index in [0.29, 0.717) is 11.8 Å². The van der Waals surface area contributed by atoms with Crippen LogP contribution in [0.15, 0.2) is 0 Å². The van der Waals surface area contributed by atoms with Gasteiger partial charge >= 0.3 is 0 Å². The van der Waals surface area contributed by atoms with Crippen molar-refractivity contribution in [3.05, 3.63) is 0 Å². The van der Waals surface area contributed by atoms with Gasteiger partial charge in [0, 0.05) is 0 Å². The van der Waals surface area contributed by atoms with E-state index in [-0.39, 0.29) is 0 Å². The number of fused-ring (bicyclic) bond motifs is 2. The quantitative estimate of drug-likeness (QED) is 0.519. The third-order valence-electron chi connectivity index (χ3n) is 3.90. The SMILES string of the molecule is C[C@H]1[C@H]2C[C@@H]([C@@H]1C#N)[C@H](C)C2. The zero-order chi connectivity index (χ0) is 8.01. The van der Waals surface area contributed by atoms with E-state index in [4.69, 9.17) is 5.26 Å². The molecule has 0 unspecified atom stereocenters. The minimum atomic E-state index is 0.378. The summed E-state index contributed by atoms with van der Waals surface area (Å²) >= 11 is 0. The fourth-order valence-electron chi connectivity index (χ4n) is 3.16. The maximum Gasteiger partial charge on any atom is 0.0661 e. The monoisotopic (exact) mass is 149 g/mol. The van der Waals surface area contributed by atoms with Gasteiger partial charge in [0.05, 0.1) is 12.0 Å². The third kappa shape index (κ3) is 0.819. The lowest BCUT2D eigenvalue weighted by atomic mass is 9.76. The highest BCUT2D eigenvalue weighted by atomic mass is 14.5. The standard InChI is InChI=1S/C10H15N/c1-6-3-8-4-9(6)10(5-11)7(8)2/h6-10H,3-4H2,1-2H3/t6-,7+,8-,9-,10-/m1/s1. The summed E-state index contributed by atoms with van der Waals surface area (Å²) in [6.45, 7) is 4.56. The van der Waals surface area contributed by atoms with Crippen LogP contribution in [0.1, 0.15) is 26.7 Å². The molecule has 2 aliphatic rings. The van der Waals surface area contributed by atoms with Crippen molar-refractivity contribution in [2.24, 2.45) is 29.6 Å². The molecule has 2 bridgehead atoms. The Morgan fingerprint density at radius 1 is 1.27 bits per heavy atom. The minimum Gasteiger partial charge on any atom is -0.198 e. The van der Waals surface area contributed by atoms with Crippen LogP contribution < -0.4 is 0 Å². The van der Waals surface area contributed by atoms with Crippen molar-refractivity contribution in [2.75, 3.05) is 0 Å². The first kappa shape index (κ1) is 7.16. The molecule has 60 valence electrons. The van der Waals surface area contributed by atoms with Gasteiger partial charge in [-0.05, 0) is 36.5 Å². The molecule has 0 aromatic heterocycles. The Kier molecular flexibility index (Phi) is 1.45. The van der Waals surface area contributed by atoms with E-state index in [0.717, 1.165) is 17.8 Å². The maximum absolute atomic E-state index is 8.93. The van der Waals surface area contributed by atoms with Crippen LogP contribution in [0.25, 0.3) is 0 Å². The van der Waals surface area contributed by atoms with Crippen molar-refractivity contribution in [3.8, 4) is 6.07 Å². The molecule has 11 heavy (non-hydrogen) atoms. The zero-order valence-corrected chi connectivity index (χ0v) is 7.25. The molecular weight excluding hydrogens is 134 g/mol. The molecule has 1 nitrogen and oxygen atoms in total. The van der Waals surface area contributed by atoms with Crippen molar-refractivity contribution in [1.82, 2.24) is 0 Å². The lowest BCUT2D eigenvalue weighted by molar-refractivity contribution is 0.231. The summed E-state index contributed by atoms with van der Waals surface area (Å²) in [7, 11) is 0. The third-order valence-corrected chi connectivity index (χ3v) is 3.90. The lowest BCUT2D eigenvalue weighted by Gasteiger charge is -2.27.